The van der Waals surface area contributed by atoms with Crippen molar-refractivity contribution in [2.24, 2.45) is 11.0 Å². The quantitative estimate of drug-likeness (QED) is 0.535. The standard InChI is InChI=1S/C23H28N4O4/c1-15(2)31-23-20(27(28)29)11-17(12-21(23)30-3)22-18-14-26(10-9-19(18)24-25-22)13-16-7-5-4-6-8-16/h4-8,11-12,15,18,22,25H,9-10,13-14H2,1-3H3. The van der Waals surface area contributed by atoms with Gasteiger partial charge >= 0.3 is 5.69 Å². The van der Waals surface area contributed by atoms with E-state index in [9.17, 15) is 10.1 Å². The minimum Gasteiger partial charge on any atom is -0.493 e. The fraction of sp³-hybridized carbons (Fsp3) is 0.435. The molecule has 0 radical (unpaired) electrons. The Morgan fingerprint density at radius 3 is 2.74 bits per heavy atom. The number of methoxy groups -OCH3 is 1. The molecular formula is C23H28N4O4. The Morgan fingerprint density at radius 1 is 1.29 bits per heavy atom. The number of nitrogens with zero attached hydrogens (tertiary/aromatic N) is 3. The third-order valence-electron chi connectivity index (χ3n) is 5.75. The summed E-state index contributed by atoms with van der Waals surface area (Å²) in [5.74, 6) is 0.684. The number of hydrogen-bond acceptors (Lipinski definition) is 7. The Kier molecular flexibility index (Phi) is 6.08. The SMILES string of the molecule is COc1cc(C2NN=C3CCN(Cc4ccccc4)CC32)cc([N+](=O)[O-])c1OC(C)C. The van der Waals surface area contributed by atoms with Crippen LogP contribution in [-0.4, -0.2) is 41.8 Å². The Bertz CT molecular complexity index is 977. The highest BCUT2D eigenvalue weighted by Crippen LogP contribution is 2.43. The Balaban J connectivity index is 1.60. The fourth-order valence-corrected chi connectivity index (χ4v) is 4.33. The number of hydrogen-bond donors (Lipinski definition) is 1. The van der Waals surface area contributed by atoms with Crippen LogP contribution < -0.4 is 14.9 Å². The molecule has 2 aromatic carbocycles. The number of ether oxygens (including phenoxy) is 2. The summed E-state index contributed by atoms with van der Waals surface area (Å²) in [6, 6.07) is 13.7. The van der Waals surface area contributed by atoms with Gasteiger partial charge in [0.25, 0.3) is 0 Å². The maximum absolute atomic E-state index is 11.8. The third-order valence-corrected chi connectivity index (χ3v) is 5.75. The van der Waals surface area contributed by atoms with Gasteiger partial charge in [-0.15, -0.1) is 0 Å². The average Bonchev–Trinajstić information content (AvgIpc) is 3.17. The Hall–Kier alpha value is -3.13. The van der Waals surface area contributed by atoms with Crippen LogP contribution in [0.15, 0.2) is 47.6 Å². The third kappa shape index (κ3) is 4.49. The lowest BCUT2D eigenvalue weighted by atomic mass is 9.86. The number of nitro benzene ring substituents is 1. The highest BCUT2D eigenvalue weighted by molar-refractivity contribution is 5.90. The topological polar surface area (TPSA) is 89.2 Å². The van der Waals surface area contributed by atoms with Gasteiger partial charge in [0.2, 0.25) is 5.75 Å². The largest absolute Gasteiger partial charge is 0.493 e. The number of fused-ring (bicyclic) bond motifs is 1. The number of piperidine rings is 1. The predicted octanol–water partition coefficient (Wildman–Crippen LogP) is 3.91. The van der Waals surface area contributed by atoms with Crippen molar-refractivity contribution in [3.8, 4) is 11.5 Å². The number of nitrogens with one attached hydrogen (secondary N) is 1. The van der Waals surface area contributed by atoms with Crippen LogP contribution in [0, 0.1) is 16.0 Å². The average molecular weight is 425 g/mol. The molecule has 2 aliphatic rings. The minimum absolute atomic E-state index is 0.0877. The number of likely N-dealkylation sites (tertiary alicyclic amines) is 1. The number of rotatable bonds is 7. The van der Waals surface area contributed by atoms with Crippen LogP contribution in [0.2, 0.25) is 0 Å². The number of hydrazone groups is 1. The second-order valence-electron chi connectivity index (χ2n) is 8.28. The van der Waals surface area contributed by atoms with Crippen molar-refractivity contribution in [3.05, 3.63) is 63.7 Å². The first kappa shape index (κ1) is 21.1. The normalized spacial score (nSPS) is 20.7. The van der Waals surface area contributed by atoms with E-state index in [2.05, 4.69) is 39.7 Å². The Morgan fingerprint density at radius 2 is 2.06 bits per heavy atom. The van der Waals surface area contributed by atoms with E-state index in [1.807, 2.05) is 26.0 Å². The maximum atomic E-state index is 11.8. The molecular weight excluding hydrogens is 396 g/mol. The maximum Gasteiger partial charge on any atom is 0.315 e. The summed E-state index contributed by atoms with van der Waals surface area (Å²) in [4.78, 5) is 13.8. The first-order valence-corrected chi connectivity index (χ1v) is 10.6. The predicted molar refractivity (Wildman–Crippen MR) is 119 cm³/mol. The Labute approximate surface area is 182 Å². The van der Waals surface area contributed by atoms with Gasteiger partial charge in [0, 0.05) is 43.8 Å². The summed E-state index contributed by atoms with van der Waals surface area (Å²) < 4.78 is 11.2. The molecule has 1 N–H and O–H groups in total. The highest BCUT2D eigenvalue weighted by Gasteiger charge is 2.38. The monoisotopic (exact) mass is 424 g/mol. The van der Waals surface area contributed by atoms with Crippen molar-refractivity contribution in [3.63, 3.8) is 0 Å². The van der Waals surface area contributed by atoms with Gasteiger partial charge in [0.15, 0.2) is 5.75 Å². The molecule has 2 unspecified atom stereocenters. The van der Waals surface area contributed by atoms with Crippen LogP contribution in [0.3, 0.4) is 0 Å². The van der Waals surface area contributed by atoms with E-state index in [1.165, 1.54) is 12.7 Å². The molecule has 2 aliphatic heterocycles. The van der Waals surface area contributed by atoms with Crippen molar-refractivity contribution in [1.29, 1.82) is 0 Å². The molecule has 164 valence electrons. The first-order chi connectivity index (χ1) is 15.0. The van der Waals surface area contributed by atoms with Gasteiger partial charge in [-0.1, -0.05) is 30.3 Å². The molecule has 0 aromatic heterocycles. The number of benzene rings is 2. The van der Waals surface area contributed by atoms with Crippen LogP contribution in [0.1, 0.15) is 37.4 Å². The minimum atomic E-state index is -0.414. The van der Waals surface area contributed by atoms with E-state index >= 15 is 0 Å². The summed E-state index contributed by atoms with van der Waals surface area (Å²) in [6.07, 6.45) is 0.678. The molecule has 4 rings (SSSR count). The fourth-order valence-electron chi connectivity index (χ4n) is 4.33. The van der Waals surface area contributed by atoms with E-state index in [0.717, 1.165) is 37.3 Å². The van der Waals surface area contributed by atoms with Gasteiger partial charge in [-0.25, -0.2) is 0 Å². The van der Waals surface area contributed by atoms with E-state index in [4.69, 9.17) is 9.47 Å². The summed E-state index contributed by atoms with van der Waals surface area (Å²) in [6.45, 7) is 6.33. The van der Waals surface area contributed by atoms with Crippen LogP contribution >= 0.6 is 0 Å². The second kappa shape index (κ2) is 8.93. The molecule has 0 aliphatic carbocycles. The lowest BCUT2D eigenvalue weighted by molar-refractivity contribution is -0.386. The molecule has 8 heteroatoms. The molecule has 0 amide bonds. The van der Waals surface area contributed by atoms with E-state index < -0.39 is 4.92 Å². The van der Waals surface area contributed by atoms with E-state index in [0.29, 0.717) is 5.75 Å². The van der Waals surface area contributed by atoms with Crippen molar-refractivity contribution < 1.29 is 14.4 Å². The van der Waals surface area contributed by atoms with Crippen LogP contribution in [-0.2, 0) is 6.54 Å². The van der Waals surface area contributed by atoms with Crippen molar-refractivity contribution in [2.75, 3.05) is 20.2 Å². The van der Waals surface area contributed by atoms with Gasteiger partial charge < -0.3 is 14.9 Å². The molecule has 2 heterocycles. The molecule has 0 spiro atoms. The van der Waals surface area contributed by atoms with Crippen molar-refractivity contribution in [1.82, 2.24) is 10.3 Å². The van der Waals surface area contributed by atoms with Crippen molar-refractivity contribution in [2.45, 2.75) is 39.0 Å². The van der Waals surface area contributed by atoms with Crippen LogP contribution in [0.5, 0.6) is 11.5 Å². The first-order valence-electron chi connectivity index (χ1n) is 10.6. The van der Waals surface area contributed by atoms with E-state index in [1.54, 1.807) is 6.07 Å². The summed E-state index contributed by atoms with van der Waals surface area (Å²) >= 11 is 0. The zero-order valence-corrected chi connectivity index (χ0v) is 18.1. The summed E-state index contributed by atoms with van der Waals surface area (Å²) in [5.41, 5.74) is 6.31. The summed E-state index contributed by atoms with van der Waals surface area (Å²) in [7, 11) is 1.50. The second-order valence-corrected chi connectivity index (χ2v) is 8.28. The van der Waals surface area contributed by atoms with Gasteiger partial charge in [-0.2, -0.15) is 5.10 Å². The molecule has 2 atom stereocenters. The summed E-state index contributed by atoms with van der Waals surface area (Å²) in [5, 5.41) is 16.3. The molecule has 8 nitrogen and oxygen atoms in total. The smallest absolute Gasteiger partial charge is 0.315 e. The molecule has 31 heavy (non-hydrogen) atoms. The zero-order valence-electron chi connectivity index (χ0n) is 18.1. The van der Waals surface area contributed by atoms with Crippen LogP contribution in [0.25, 0.3) is 0 Å². The molecule has 2 aromatic rings. The van der Waals surface area contributed by atoms with Crippen LogP contribution in [0.4, 0.5) is 5.69 Å². The molecule has 1 saturated heterocycles. The van der Waals surface area contributed by atoms with Gasteiger partial charge in [-0.05, 0) is 31.0 Å². The lowest BCUT2D eigenvalue weighted by Gasteiger charge is -2.33. The van der Waals surface area contributed by atoms with E-state index in [-0.39, 0.29) is 29.5 Å². The highest BCUT2D eigenvalue weighted by atomic mass is 16.6. The van der Waals surface area contributed by atoms with Gasteiger partial charge in [0.1, 0.15) is 0 Å². The molecule has 0 bridgehead atoms. The number of nitro groups is 1. The molecule has 0 saturated carbocycles. The van der Waals surface area contributed by atoms with Gasteiger partial charge in [-0.3, -0.25) is 15.0 Å². The van der Waals surface area contributed by atoms with Gasteiger partial charge in [0.05, 0.1) is 24.2 Å². The lowest BCUT2D eigenvalue weighted by Crippen LogP contribution is -2.41. The molecule has 1 fully saturated rings. The van der Waals surface area contributed by atoms with Crippen molar-refractivity contribution >= 4 is 11.4 Å². The zero-order chi connectivity index (χ0) is 22.0.